The van der Waals surface area contributed by atoms with Crippen LogP contribution in [0.5, 0.6) is 0 Å². The third-order valence-electron chi connectivity index (χ3n) is 3.12. The molecule has 94 valence electrons. The molecule has 1 aromatic carbocycles. The Bertz CT molecular complexity index is 366. The number of halogens is 2. The lowest BCUT2D eigenvalue weighted by molar-refractivity contribution is 0.0662. The van der Waals surface area contributed by atoms with E-state index in [9.17, 15) is 4.39 Å². The average Bonchev–Trinajstić information content (AvgIpc) is 2.36. The summed E-state index contributed by atoms with van der Waals surface area (Å²) in [6, 6.07) is 4.92. The molecule has 0 aromatic heterocycles. The van der Waals surface area contributed by atoms with Gasteiger partial charge in [0.25, 0.3) is 0 Å². The van der Waals surface area contributed by atoms with Crippen LogP contribution >= 0.6 is 11.6 Å². The van der Waals surface area contributed by atoms with Gasteiger partial charge in [-0.1, -0.05) is 23.7 Å². The standard InChI is InChI=1S/C13H17ClFNO/c14-13-11(2-1-3-12(13)15)9-16-8-10-4-6-17-7-5-10/h1-3,10,16H,4-9H2. The summed E-state index contributed by atoms with van der Waals surface area (Å²) in [7, 11) is 0. The summed E-state index contributed by atoms with van der Waals surface area (Å²) in [5.74, 6) is 0.313. The van der Waals surface area contributed by atoms with Gasteiger partial charge in [0, 0.05) is 19.8 Å². The van der Waals surface area contributed by atoms with Crippen molar-refractivity contribution in [3.05, 3.63) is 34.6 Å². The maximum Gasteiger partial charge on any atom is 0.142 e. The number of rotatable bonds is 4. The molecular weight excluding hydrogens is 241 g/mol. The lowest BCUT2D eigenvalue weighted by Crippen LogP contribution is -2.27. The summed E-state index contributed by atoms with van der Waals surface area (Å²) in [4.78, 5) is 0. The zero-order chi connectivity index (χ0) is 12.1. The first-order chi connectivity index (χ1) is 8.27. The van der Waals surface area contributed by atoms with Gasteiger partial charge in [-0.2, -0.15) is 0 Å². The van der Waals surface area contributed by atoms with Crippen molar-refractivity contribution in [2.75, 3.05) is 19.8 Å². The number of hydrogen-bond acceptors (Lipinski definition) is 2. The first-order valence-corrected chi connectivity index (χ1v) is 6.36. The van der Waals surface area contributed by atoms with E-state index in [1.54, 1.807) is 6.07 Å². The first kappa shape index (κ1) is 12.8. The SMILES string of the molecule is Fc1cccc(CNCC2CCOCC2)c1Cl. The van der Waals surface area contributed by atoms with Crippen molar-refractivity contribution in [2.45, 2.75) is 19.4 Å². The molecule has 1 saturated heterocycles. The molecule has 0 saturated carbocycles. The maximum absolute atomic E-state index is 13.2. The van der Waals surface area contributed by atoms with Gasteiger partial charge >= 0.3 is 0 Å². The Hall–Kier alpha value is -0.640. The number of hydrogen-bond donors (Lipinski definition) is 1. The van der Waals surface area contributed by atoms with Crippen molar-refractivity contribution in [3.63, 3.8) is 0 Å². The summed E-state index contributed by atoms with van der Waals surface area (Å²) in [6.45, 7) is 3.27. The second-order valence-corrected chi connectivity index (χ2v) is 4.78. The summed E-state index contributed by atoms with van der Waals surface area (Å²) >= 11 is 5.88. The van der Waals surface area contributed by atoms with Crippen LogP contribution in [-0.4, -0.2) is 19.8 Å². The molecule has 0 spiro atoms. The van der Waals surface area contributed by atoms with E-state index in [-0.39, 0.29) is 10.8 Å². The second kappa shape index (κ2) is 6.34. The minimum Gasteiger partial charge on any atom is -0.381 e. The summed E-state index contributed by atoms with van der Waals surface area (Å²) in [5, 5.41) is 3.56. The fourth-order valence-corrected chi connectivity index (χ4v) is 2.24. The minimum atomic E-state index is -0.350. The van der Waals surface area contributed by atoms with Crippen molar-refractivity contribution in [3.8, 4) is 0 Å². The Balaban J connectivity index is 1.79. The van der Waals surface area contributed by atoms with Crippen LogP contribution in [0.25, 0.3) is 0 Å². The molecule has 0 unspecified atom stereocenters. The number of ether oxygens (including phenoxy) is 1. The molecular formula is C13H17ClFNO. The van der Waals surface area contributed by atoms with E-state index in [0.29, 0.717) is 12.5 Å². The predicted molar refractivity (Wildman–Crippen MR) is 66.7 cm³/mol. The predicted octanol–water partition coefficient (Wildman–Crippen LogP) is 3.00. The van der Waals surface area contributed by atoms with Crippen LogP contribution in [0.1, 0.15) is 18.4 Å². The quantitative estimate of drug-likeness (QED) is 0.895. The molecule has 1 aliphatic rings. The highest BCUT2D eigenvalue weighted by Gasteiger charge is 2.13. The molecule has 0 atom stereocenters. The monoisotopic (exact) mass is 257 g/mol. The molecule has 1 fully saturated rings. The molecule has 0 radical (unpaired) electrons. The molecule has 2 nitrogen and oxygen atoms in total. The Morgan fingerprint density at radius 2 is 2.12 bits per heavy atom. The lowest BCUT2D eigenvalue weighted by atomic mass is 10.0. The van der Waals surface area contributed by atoms with Crippen LogP contribution in [-0.2, 0) is 11.3 Å². The van der Waals surface area contributed by atoms with Gasteiger partial charge in [-0.15, -0.1) is 0 Å². The maximum atomic E-state index is 13.2. The van der Waals surface area contributed by atoms with Crippen LogP contribution in [0.2, 0.25) is 5.02 Å². The van der Waals surface area contributed by atoms with E-state index in [2.05, 4.69) is 5.32 Å². The van der Waals surface area contributed by atoms with Crippen molar-refractivity contribution < 1.29 is 9.13 Å². The fraction of sp³-hybridized carbons (Fsp3) is 0.538. The van der Waals surface area contributed by atoms with Crippen molar-refractivity contribution in [1.29, 1.82) is 0 Å². The molecule has 4 heteroatoms. The third kappa shape index (κ3) is 3.66. The molecule has 1 heterocycles. The third-order valence-corrected chi connectivity index (χ3v) is 3.54. The normalized spacial score (nSPS) is 17.3. The van der Waals surface area contributed by atoms with Gasteiger partial charge in [-0.3, -0.25) is 0 Å². The van der Waals surface area contributed by atoms with Gasteiger partial charge in [0.1, 0.15) is 5.82 Å². The number of nitrogens with one attached hydrogen (secondary N) is 1. The van der Waals surface area contributed by atoms with Gasteiger partial charge < -0.3 is 10.1 Å². The van der Waals surface area contributed by atoms with E-state index in [1.807, 2.05) is 6.07 Å². The molecule has 1 aromatic rings. The van der Waals surface area contributed by atoms with Gasteiger partial charge in [-0.25, -0.2) is 4.39 Å². The highest BCUT2D eigenvalue weighted by molar-refractivity contribution is 6.31. The van der Waals surface area contributed by atoms with Crippen molar-refractivity contribution in [2.24, 2.45) is 5.92 Å². The van der Waals surface area contributed by atoms with Gasteiger partial charge in [-0.05, 0) is 36.9 Å². The van der Waals surface area contributed by atoms with E-state index < -0.39 is 0 Å². The van der Waals surface area contributed by atoms with Crippen LogP contribution in [0.15, 0.2) is 18.2 Å². The molecule has 0 bridgehead atoms. The average molecular weight is 258 g/mol. The lowest BCUT2D eigenvalue weighted by Gasteiger charge is -2.22. The van der Waals surface area contributed by atoms with E-state index >= 15 is 0 Å². The van der Waals surface area contributed by atoms with E-state index in [4.69, 9.17) is 16.3 Å². The topological polar surface area (TPSA) is 21.3 Å². The zero-order valence-corrected chi connectivity index (χ0v) is 10.5. The Kier molecular flexibility index (Phi) is 4.77. The summed E-state index contributed by atoms with van der Waals surface area (Å²) < 4.78 is 18.5. The molecule has 2 rings (SSSR count). The van der Waals surface area contributed by atoms with Crippen LogP contribution in [0.4, 0.5) is 4.39 Å². The van der Waals surface area contributed by atoms with Gasteiger partial charge in [0.15, 0.2) is 0 Å². The second-order valence-electron chi connectivity index (χ2n) is 4.40. The molecule has 1 N–H and O–H groups in total. The van der Waals surface area contributed by atoms with Crippen molar-refractivity contribution in [1.82, 2.24) is 5.32 Å². The zero-order valence-electron chi connectivity index (χ0n) is 9.72. The Morgan fingerprint density at radius 3 is 2.88 bits per heavy atom. The molecule has 1 aliphatic heterocycles. The van der Waals surface area contributed by atoms with Gasteiger partial charge in [0.05, 0.1) is 5.02 Å². The summed E-state index contributed by atoms with van der Waals surface area (Å²) in [5.41, 5.74) is 0.818. The first-order valence-electron chi connectivity index (χ1n) is 5.98. The summed E-state index contributed by atoms with van der Waals surface area (Å²) in [6.07, 6.45) is 2.20. The van der Waals surface area contributed by atoms with Gasteiger partial charge in [0.2, 0.25) is 0 Å². The Labute approximate surface area is 106 Å². The molecule has 17 heavy (non-hydrogen) atoms. The van der Waals surface area contributed by atoms with E-state index in [1.165, 1.54) is 6.07 Å². The van der Waals surface area contributed by atoms with E-state index in [0.717, 1.165) is 38.2 Å². The molecule has 0 aliphatic carbocycles. The fourth-order valence-electron chi connectivity index (χ4n) is 2.05. The molecule has 0 amide bonds. The highest BCUT2D eigenvalue weighted by atomic mass is 35.5. The highest BCUT2D eigenvalue weighted by Crippen LogP contribution is 2.19. The smallest absolute Gasteiger partial charge is 0.142 e. The van der Waals surface area contributed by atoms with Crippen molar-refractivity contribution >= 4 is 11.6 Å². The van der Waals surface area contributed by atoms with Crippen LogP contribution in [0.3, 0.4) is 0 Å². The Morgan fingerprint density at radius 1 is 1.35 bits per heavy atom. The van der Waals surface area contributed by atoms with Crippen LogP contribution in [0, 0.1) is 11.7 Å². The van der Waals surface area contributed by atoms with Crippen LogP contribution < -0.4 is 5.32 Å². The number of benzene rings is 1. The minimum absolute atomic E-state index is 0.229. The largest absolute Gasteiger partial charge is 0.381 e.